The number of nitrogens with one attached hydrogen (secondary N) is 1. The lowest BCUT2D eigenvalue weighted by Crippen LogP contribution is -2.45. The van der Waals surface area contributed by atoms with Crippen molar-refractivity contribution in [2.45, 2.75) is 56.4 Å². The second-order valence-electron chi connectivity index (χ2n) is 7.83. The number of hydrogen-bond acceptors (Lipinski definition) is 5. The van der Waals surface area contributed by atoms with Gasteiger partial charge in [0.1, 0.15) is 5.75 Å². The van der Waals surface area contributed by atoms with Crippen molar-refractivity contribution in [3.63, 3.8) is 0 Å². The standard InChI is InChI=1S/C24H29N3O4S/c1-2-31-22-12-14-23(15-13-22)32(29,30)27(21-6-4-3-5-7-21)18-24(28)26-20-10-8-19(9-11-20)16-17-25/h8-15,21H,2-7,16,18H2,1H3,(H,26,28). The molecule has 1 aliphatic rings. The summed E-state index contributed by atoms with van der Waals surface area (Å²) in [5.74, 6) is 0.214. The lowest BCUT2D eigenvalue weighted by atomic mass is 9.95. The zero-order valence-corrected chi connectivity index (χ0v) is 19.1. The highest BCUT2D eigenvalue weighted by atomic mass is 32.2. The molecule has 1 N–H and O–H groups in total. The summed E-state index contributed by atoms with van der Waals surface area (Å²) >= 11 is 0. The first-order chi connectivity index (χ1) is 15.4. The fraction of sp³-hybridized carbons (Fsp3) is 0.417. The molecular formula is C24H29N3O4S. The predicted molar refractivity (Wildman–Crippen MR) is 123 cm³/mol. The highest BCUT2D eigenvalue weighted by molar-refractivity contribution is 7.89. The molecule has 1 aliphatic carbocycles. The van der Waals surface area contributed by atoms with Gasteiger partial charge in [0, 0.05) is 11.7 Å². The maximum Gasteiger partial charge on any atom is 0.243 e. The molecule has 0 saturated heterocycles. The van der Waals surface area contributed by atoms with Crippen molar-refractivity contribution < 1.29 is 17.9 Å². The van der Waals surface area contributed by atoms with Gasteiger partial charge in [0.25, 0.3) is 0 Å². The number of amides is 1. The van der Waals surface area contributed by atoms with Crippen LogP contribution in [0.3, 0.4) is 0 Å². The Balaban J connectivity index is 1.78. The molecule has 0 aliphatic heterocycles. The van der Waals surface area contributed by atoms with Crippen molar-refractivity contribution in [1.82, 2.24) is 4.31 Å². The minimum absolute atomic E-state index is 0.153. The number of nitriles is 1. The predicted octanol–water partition coefficient (Wildman–Crippen LogP) is 4.11. The van der Waals surface area contributed by atoms with E-state index in [0.29, 0.717) is 24.5 Å². The first-order valence-corrected chi connectivity index (χ1v) is 12.4. The van der Waals surface area contributed by atoms with Gasteiger partial charge in [-0.05, 0) is 61.7 Å². The summed E-state index contributed by atoms with van der Waals surface area (Å²) in [7, 11) is -3.85. The minimum Gasteiger partial charge on any atom is -0.494 e. The number of sulfonamides is 1. The summed E-state index contributed by atoms with van der Waals surface area (Å²) in [5, 5.41) is 11.6. The molecule has 170 valence electrons. The molecule has 32 heavy (non-hydrogen) atoms. The van der Waals surface area contributed by atoms with E-state index < -0.39 is 15.9 Å². The van der Waals surface area contributed by atoms with Gasteiger partial charge in [-0.3, -0.25) is 4.79 Å². The summed E-state index contributed by atoms with van der Waals surface area (Å²) in [5.41, 5.74) is 1.42. The van der Waals surface area contributed by atoms with Crippen LogP contribution in [0.25, 0.3) is 0 Å². The Morgan fingerprint density at radius 1 is 1.09 bits per heavy atom. The van der Waals surface area contributed by atoms with Crippen LogP contribution in [0.5, 0.6) is 5.75 Å². The number of benzene rings is 2. The Kier molecular flexibility index (Phi) is 8.26. The monoisotopic (exact) mass is 455 g/mol. The fourth-order valence-corrected chi connectivity index (χ4v) is 5.57. The summed E-state index contributed by atoms with van der Waals surface area (Å²) in [6.45, 7) is 2.11. The van der Waals surface area contributed by atoms with Crippen molar-refractivity contribution in [1.29, 1.82) is 5.26 Å². The molecule has 1 amide bonds. The average Bonchev–Trinajstić information content (AvgIpc) is 2.80. The summed E-state index contributed by atoms with van der Waals surface area (Å²) < 4.78 is 33.7. The number of anilines is 1. The average molecular weight is 456 g/mol. The molecule has 0 unspecified atom stereocenters. The first kappa shape index (κ1) is 23.8. The van der Waals surface area contributed by atoms with Gasteiger partial charge >= 0.3 is 0 Å². The van der Waals surface area contributed by atoms with Crippen molar-refractivity contribution in [2.24, 2.45) is 0 Å². The summed E-state index contributed by atoms with van der Waals surface area (Å²) in [4.78, 5) is 13.0. The molecule has 1 fully saturated rings. The van der Waals surface area contributed by atoms with Crippen LogP contribution in [0, 0.1) is 11.3 Å². The zero-order chi connectivity index (χ0) is 23.0. The van der Waals surface area contributed by atoms with Crippen molar-refractivity contribution in [3.05, 3.63) is 54.1 Å². The maximum atomic E-state index is 13.5. The van der Waals surface area contributed by atoms with Crippen molar-refractivity contribution in [2.75, 3.05) is 18.5 Å². The summed E-state index contributed by atoms with van der Waals surface area (Å²) in [6, 6.07) is 15.2. The molecule has 8 heteroatoms. The van der Waals surface area contributed by atoms with Crippen LogP contribution in [0.1, 0.15) is 44.6 Å². The van der Waals surface area contributed by atoms with Crippen LogP contribution >= 0.6 is 0 Å². The first-order valence-electron chi connectivity index (χ1n) is 10.9. The van der Waals surface area contributed by atoms with Crippen molar-refractivity contribution >= 4 is 21.6 Å². The minimum atomic E-state index is -3.85. The van der Waals surface area contributed by atoms with E-state index >= 15 is 0 Å². The zero-order valence-electron chi connectivity index (χ0n) is 18.3. The fourth-order valence-electron chi connectivity index (χ4n) is 3.93. The summed E-state index contributed by atoms with van der Waals surface area (Å²) in [6.07, 6.45) is 4.75. The number of ether oxygens (including phenoxy) is 1. The number of hydrogen-bond donors (Lipinski definition) is 1. The van der Waals surface area contributed by atoms with E-state index in [4.69, 9.17) is 10.00 Å². The normalized spacial score (nSPS) is 14.7. The van der Waals surface area contributed by atoms with Gasteiger partial charge in [-0.15, -0.1) is 0 Å². The molecule has 3 rings (SSSR count). The largest absolute Gasteiger partial charge is 0.494 e. The third kappa shape index (κ3) is 6.09. The maximum absolute atomic E-state index is 13.5. The van der Waals surface area contributed by atoms with E-state index in [1.54, 1.807) is 36.4 Å². The number of carbonyl (C=O) groups excluding carboxylic acids is 1. The van der Waals surface area contributed by atoms with Crippen molar-refractivity contribution in [3.8, 4) is 11.8 Å². The highest BCUT2D eigenvalue weighted by Crippen LogP contribution is 2.28. The van der Waals surface area contributed by atoms with Gasteiger partial charge in [0.2, 0.25) is 15.9 Å². The van der Waals surface area contributed by atoms with E-state index in [2.05, 4.69) is 11.4 Å². The van der Waals surface area contributed by atoms with Crippen LogP contribution in [0.15, 0.2) is 53.4 Å². The third-order valence-electron chi connectivity index (χ3n) is 5.54. The lowest BCUT2D eigenvalue weighted by Gasteiger charge is -2.33. The number of rotatable bonds is 9. The van der Waals surface area contributed by atoms with Crippen LogP contribution < -0.4 is 10.1 Å². The van der Waals surface area contributed by atoms with Gasteiger partial charge in [-0.2, -0.15) is 9.57 Å². The van der Waals surface area contributed by atoms with Crippen LogP contribution in [-0.4, -0.2) is 37.8 Å². The van der Waals surface area contributed by atoms with E-state index in [9.17, 15) is 13.2 Å². The Morgan fingerprint density at radius 2 is 1.75 bits per heavy atom. The molecule has 0 aromatic heterocycles. The number of nitrogens with zero attached hydrogens (tertiary/aromatic N) is 2. The SMILES string of the molecule is CCOc1ccc(S(=O)(=O)N(CC(=O)Nc2ccc(CC#N)cc2)C2CCCCC2)cc1. The smallest absolute Gasteiger partial charge is 0.243 e. The quantitative estimate of drug-likeness (QED) is 0.613. The van der Waals surface area contributed by atoms with Crippen LogP contribution in [0.4, 0.5) is 5.69 Å². The van der Waals surface area contributed by atoms with Gasteiger partial charge in [0.15, 0.2) is 0 Å². The molecule has 0 heterocycles. The Bertz CT molecular complexity index is 1040. The molecule has 1 saturated carbocycles. The van der Waals surface area contributed by atoms with E-state index in [-0.39, 0.29) is 17.5 Å². The second-order valence-corrected chi connectivity index (χ2v) is 9.72. The highest BCUT2D eigenvalue weighted by Gasteiger charge is 2.34. The van der Waals surface area contributed by atoms with Gasteiger partial charge < -0.3 is 10.1 Å². The van der Waals surface area contributed by atoms with E-state index in [1.165, 1.54) is 16.4 Å². The number of carbonyl (C=O) groups is 1. The topological polar surface area (TPSA) is 99.5 Å². The molecule has 0 atom stereocenters. The van der Waals surface area contributed by atoms with Crippen LogP contribution in [-0.2, 0) is 21.2 Å². The molecule has 2 aromatic rings. The Labute approximate surface area is 190 Å². The molecule has 2 aromatic carbocycles. The van der Waals surface area contributed by atoms with Gasteiger partial charge in [0.05, 0.1) is 30.5 Å². The van der Waals surface area contributed by atoms with Gasteiger partial charge in [-0.1, -0.05) is 31.4 Å². The van der Waals surface area contributed by atoms with E-state index in [0.717, 1.165) is 37.7 Å². The lowest BCUT2D eigenvalue weighted by molar-refractivity contribution is -0.116. The van der Waals surface area contributed by atoms with Crippen LogP contribution in [0.2, 0.25) is 0 Å². The Hall–Kier alpha value is -2.89. The molecule has 0 spiro atoms. The third-order valence-corrected chi connectivity index (χ3v) is 7.46. The second kappa shape index (κ2) is 11.1. The molecular weight excluding hydrogens is 426 g/mol. The Morgan fingerprint density at radius 3 is 2.34 bits per heavy atom. The molecule has 0 radical (unpaired) electrons. The molecule has 7 nitrogen and oxygen atoms in total. The van der Waals surface area contributed by atoms with E-state index in [1.807, 2.05) is 6.92 Å². The molecule has 0 bridgehead atoms. The van der Waals surface area contributed by atoms with Gasteiger partial charge in [-0.25, -0.2) is 8.42 Å².